The van der Waals surface area contributed by atoms with Gasteiger partial charge in [0.1, 0.15) is 0 Å². The summed E-state index contributed by atoms with van der Waals surface area (Å²) in [5.74, 6) is 0.169. The molecule has 0 fully saturated rings. The van der Waals surface area contributed by atoms with Crippen molar-refractivity contribution in [3.05, 3.63) is 53.1 Å². The van der Waals surface area contributed by atoms with Crippen LogP contribution in [0.25, 0.3) is 6.08 Å². The van der Waals surface area contributed by atoms with Crippen molar-refractivity contribution in [1.29, 1.82) is 0 Å². The zero-order valence-corrected chi connectivity index (χ0v) is 8.86. The normalized spacial score (nSPS) is 19.1. The third kappa shape index (κ3) is 2.44. The molecule has 15 heavy (non-hydrogen) atoms. The van der Waals surface area contributed by atoms with E-state index in [2.05, 4.69) is 0 Å². The van der Waals surface area contributed by atoms with Gasteiger partial charge in [0.2, 0.25) is 0 Å². The van der Waals surface area contributed by atoms with Crippen LogP contribution in [0, 0.1) is 0 Å². The Hall–Kier alpha value is -1.63. The fraction of sp³-hybridized carbons (Fsp3) is 0.214. The molecule has 1 nitrogen and oxygen atoms in total. The predicted octanol–water partition coefficient (Wildman–Crippen LogP) is 3.38. The molecule has 1 aromatic rings. The Kier molecular flexibility index (Phi) is 2.82. The van der Waals surface area contributed by atoms with Gasteiger partial charge < -0.3 is 0 Å². The average molecular weight is 198 g/mol. The Labute approximate surface area is 90.1 Å². The summed E-state index contributed by atoms with van der Waals surface area (Å²) in [5, 5.41) is 0. The van der Waals surface area contributed by atoms with Crippen molar-refractivity contribution in [3.8, 4) is 0 Å². The highest BCUT2D eigenvalue weighted by Crippen LogP contribution is 2.21. The van der Waals surface area contributed by atoms with Gasteiger partial charge in [-0.15, -0.1) is 0 Å². The smallest absolute Gasteiger partial charge is 0.181 e. The van der Waals surface area contributed by atoms with Gasteiger partial charge in [0.15, 0.2) is 5.78 Å². The van der Waals surface area contributed by atoms with Crippen molar-refractivity contribution in [2.45, 2.75) is 19.8 Å². The quantitative estimate of drug-likeness (QED) is 0.632. The van der Waals surface area contributed by atoms with Crippen LogP contribution in [-0.2, 0) is 4.79 Å². The molecule has 0 unspecified atom stereocenters. The summed E-state index contributed by atoms with van der Waals surface area (Å²) in [6, 6.07) is 9.99. The van der Waals surface area contributed by atoms with Crippen molar-refractivity contribution in [2.75, 3.05) is 0 Å². The lowest BCUT2D eigenvalue weighted by Gasteiger charge is -2.11. The van der Waals surface area contributed by atoms with Gasteiger partial charge in [-0.3, -0.25) is 4.79 Å². The van der Waals surface area contributed by atoms with Gasteiger partial charge in [0.25, 0.3) is 0 Å². The minimum Gasteiger partial charge on any atom is -0.290 e. The summed E-state index contributed by atoms with van der Waals surface area (Å²) in [4.78, 5) is 11.7. The standard InChI is InChI=1S/C14H14O/c1-11-7-8-13(14(15)9-11)10-12-5-3-2-4-6-12/h2-6,9-10H,7-8H2,1H3/b13-10+. The Morgan fingerprint density at radius 2 is 1.87 bits per heavy atom. The number of rotatable bonds is 1. The molecule has 1 aliphatic rings. The van der Waals surface area contributed by atoms with Crippen LogP contribution in [0.5, 0.6) is 0 Å². The number of benzene rings is 1. The average Bonchev–Trinajstić information content (AvgIpc) is 2.24. The van der Waals surface area contributed by atoms with Gasteiger partial charge in [-0.25, -0.2) is 0 Å². The van der Waals surface area contributed by atoms with E-state index in [4.69, 9.17) is 0 Å². The van der Waals surface area contributed by atoms with Gasteiger partial charge in [-0.05, 0) is 37.5 Å². The van der Waals surface area contributed by atoms with Gasteiger partial charge in [-0.1, -0.05) is 35.9 Å². The number of carbonyl (C=O) groups is 1. The van der Waals surface area contributed by atoms with E-state index in [-0.39, 0.29) is 5.78 Å². The van der Waals surface area contributed by atoms with Crippen molar-refractivity contribution in [3.63, 3.8) is 0 Å². The van der Waals surface area contributed by atoms with Gasteiger partial charge >= 0.3 is 0 Å². The first-order chi connectivity index (χ1) is 7.25. The molecule has 0 heterocycles. The monoisotopic (exact) mass is 198 g/mol. The maximum Gasteiger partial charge on any atom is 0.181 e. The highest BCUT2D eigenvalue weighted by molar-refractivity contribution is 6.08. The van der Waals surface area contributed by atoms with E-state index < -0.39 is 0 Å². The largest absolute Gasteiger partial charge is 0.290 e. The van der Waals surface area contributed by atoms with Crippen LogP contribution in [-0.4, -0.2) is 5.78 Å². The molecule has 0 saturated carbocycles. The number of ketones is 1. The third-order valence-electron chi connectivity index (χ3n) is 2.62. The SMILES string of the molecule is CC1=CC(=O)/C(=C/c2ccccc2)CC1. The highest BCUT2D eigenvalue weighted by atomic mass is 16.1. The van der Waals surface area contributed by atoms with Crippen molar-refractivity contribution < 1.29 is 4.79 Å². The molecule has 0 N–H and O–H groups in total. The van der Waals surface area contributed by atoms with Crippen molar-refractivity contribution in [2.24, 2.45) is 0 Å². The molecule has 0 aromatic heterocycles. The van der Waals surface area contributed by atoms with E-state index in [0.29, 0.717) is 0 Å². The van der Waals surface area contributed by atoms with E-state index in [1.807, 2.05) is 43.3 Å². The van der Waals surface area contributed by atoms with Crippen LogP contribution >= 0.6 is 0 Å². The maximum absolute atomic E-state index is 11.7. The molecule has 0 radical (unpaired) electrons. The summed E-state index contributed by atoms with van der Waals surface area (Å²) < 4.78 is 0. The van der Waals surface area contributed by atoms with E-state index in [1.54, 1.807) is 6.08 Å². The van der Waals surface area contributed by atoms with E-state index in [1.165, 1.54) is 5.57 Å². The van der Waals surface area contributed by atoms with E-state index in [0.717, 1.165) is 24.0 Å². The Morgan fingerprint density at radius 1 is 1.13 bits per heavy atom. The molecule has 1 aliphatic carbocycles. The summed E-state index contributed by atoms with van der Waals surface area (Å²) in [7, 11) is 0. The summed E-state index contributed by atoms with van der Waals surface area (Å²) in [5.41, 5.74) is 3.21. The molecular weight excluding hydrogens is 184 g/mol. The van der Waals surface area contributed by atoms with Gasteiger partial charge in [0.05, 0.1) is 0 Å². The molecule has 0 spiro atoms. The molecule has 0 aliphatic heterocycles. The fourth-order valence-corrected chi connectivity index (χ4v) is 1.74. The molecule has 2 rings (SSSR count). The minimum atomic E-state index is 0.169. The minimum absolute atomic E-state index is 0.169. The summed E-state index contributed by atoms with van der Waals surface area (Å²) >= 11 is 0. The second-order valence-corrected chi connectivity index (χ2v) is 3.94. The predicted molar refractivity (Wildman–Crippen MR) is 62.4 cm³/mol. The fourth-order valence-electron chi connectivity index (χ4n) is 1.74. The first kappa shape index (κ1) is 9.91. The Balaban J connectivity index is 2.26. The number of hydrogen-bond donors (Lipinski definition) is 0. The highest BCUT2D eigenvalue weighted by Gasteiger charge is 2.12. The summed E-state index contributed by atoms with van der Waals surface area (Å²) in [6.45, 7) is 2.01. The Bertz CT molecular complexity index is 424. The molecule has 76 valence electrons. The molecule has 0 saturated heterocycles. The zero-order valence-electron chi connectivity index (χ0n) is 8.86. The van der Waals surface area contributed by atoms with Crippen LogP contribution in [0.3, 0.4) is 0 Å². The number of carbonyl (C=O) groups excluding carboxylic acids is 1. The molecule has 0 atom stereocenters. The molecule has 1 aromatic carbocycles. The van der Waals surface area contributed by atoms with Crippen LogP contribution in [0.15, 0.2) is 47.6 Å². The first-order valence-corrected chi connectivity index (χ1v) is 5.23. The van der Waals surface area contributed by atoms with Crippen LogP contribution in [0.1, 0.15) is 25.3 Å². The second kappa shape index (κ2) is 4.26. The lowest BCUT2D eigenvalue weighted by Crippen LogP contribution is -2.05. The van der Waals surface area contributed by atoms with E-state index in [9.17, 15) is 4.79 Å². The van der Waals surface area contributed by atoms with Gasteiger partial charge in [0, 0.05) is 5.57 Å². The molecule has 1 heteroatoms. The van der Waals surface area contributed by atoms with Crippen LogP contribution in [0.4, 0.5) is 0 Å². The third-order valence-corrected chi connectivity index (χ3v) is 2.62. The lowest BCUT2D eigenvalue weighted by molar-refractivity contribution is -0.111. The summed E-state index contributed by atoms with van der Waals surface area (Å²) in [6.07, 6.45) is 5.62. The second-order valence-electron chi connectivity index (χ2n) is 3.94. The van der Waals surface area contributed by atoms with E-state index >= 15 is 0 Å². The topological polar surface area (TPSA) is 17.1 Å². The molecule has 0 amide bonds. The zero-order chi connectivity index (χ0) is 10.7. The van der Waals surface area contributed by atoms with Crippen molar-refractivity contribution >= 4 is 11.9 Å². The van der Waals surface area contributed by atoms with Crippen LogP contribution < -0.4 is 0 Å². The van der Waals surface area contributed by atoms with Crippen molar-refractivity contribution in [1.82, 2.24) is 0 Å². The molecule has 0 bridgehead atoms. The Morgan fingerprint density at radius 3 is 2.53 bits per heavy atom. The lowest BCUT2D eigenvalue weighted by atomic mass is 9.93. The molecular formula is C14H14O. The number of hydrogen-bond acceptors (Lipinski definition) is 1. The maximum atomic E-state index is 11.7. The van der Waals surface area contributed by atoms with Crippen LogP contribution in [0.2, 0.25) is 0 Å². The first-order valence-electron chi connectivity index (χ1n) is 5.23. The van der Waals surface area contributed by atoms with Gasteiger partial charge in [-0.2, -0.15) is 0 Å². The number of allylic oxidation sites excluding steroid dienone is 3.